The Morgan fingerprint density at radius 2 is 1.79 bits per heavy atom. The van der Waals surface area contributed by atoms with Crippen molar-refractivity contribution in [2.75, 3.05) is 5.73 Å². The molecule has 0 bridgehead atoms. The van der Waals surface area contributed by atoms with Crippen molar-refractivity contribution >= 4 is 34.0 Å². The van der Waals surface area contributed by atoms with Gasteiger partial charge in [0, 0.05) is 18.0 Å². The van der Waals surface area contributed by atoms with E-state index in [9.17, 15) is 9.59 Å². The summed E-state index contributed by atoms with van der Waals surface area (Å²) in [6.45, 7) is 3.67. The lowest BCUT2D eigenvalue weighted by Gasteiger charge is -2.20. The first-order valence-electron chi connectivity index (χ1n) is 13.3. The maximum absolute atomic E-state index is 14.2. The van der Waals surface area contributed by atoms with Crippen molar-refractivity contribution < 1.29 is 4.79 Å². The Bertz CT molecular complexity index is 2110. The third-order valence-electron chi connectivity index (χ3n) is 6.95. The van der Waals surface area contributed by atoms with Gasteiger partial charge in [0.05, 0.1) is 51.8 Å². The quantitative estimate of drug-likeness (QED) is 0.290. The molecule has 0 aliphatic heterocycles. The standard InChI is InChI=1S/C31H25N9O2S/c1-18(36-30(41)27-28(32)33-15-24(37-27)25-16-43-17-34-25)29-38-23-11-7-8-20(12-13-21-14-35-39(3)19(21)2)26(23)31(42)40(29)22-9-5-4-6-10-22/h4-11,14-18H,1-3H3,(H2,32,33)(H,36,41). The lowest BCUT2D eigenvalue weighted by atomic mass is 10.1. The number of thiazole rings is 1. The van der Waals surface area contributed by atoms with Crippen LogP contribution in [-0.4, -0.2) is 40.2 Å². The van der Waals surface area contributed by atoms with E-state index in [-0.39, 0.29) is 17.1 Å². The number of nitrogens with zero attached hydrogens (tertiary/aromatic N) is 7. The number of nitrogens with two attached hydrogens (primary N) is 1. The molecule has 11 nitrogen and oxygen atoms in total. The minimum absolute atomic E-state index is 0.0253. The molecule has 0 spiro atoms. The van der Waals surface area contributed by atoms with Gasteiger partial charge >= 0.3 is 0 Å². The van der Waals surface area contributed by atoms with E-state index >= 15 is 0 Å². The van der Waals surface area contributed by atoms with Gasteiger partial charge < -0.3 is 11.1 Å². The summed E-state index contributed by atoms with van der Waals surface area (Å²) < 4.78 is 3.24. The van der Waals surface area contributed by atoms with Crippen molar-refractivity contribution in [3.05, 3.63) is 111 Å². The molecule has 0 radical (unpaired) electrons. The van der Waals surface area contributed by atoms with E-state index in [4.69, 9.17) is 10.7 Å². The summed E-state index contributed by atoms with van der Waals surface area (Å²) in [6.07, 6.45) is 3.17. The predicted molar refractivity (Wildman–Crippen MR) is 165 cm³/mol. The molecule has 1 amide bonds. The Labute approximate surface area is 250 Å². The third-order valence-corrected chi connectivity index (χ3v) is 7.54. The largest absolute Gasteiger partial charge is 0.382 e. The van der Waals surface area contributed by atoms with Gasteiger partial charge in [-0.3, -0.25) is 18.8 Å². The number of hydrogen-bond acceptors (Lipinski definition) is 9. The monoisotopic (exact) mass is 587 g/mol. The molecule has 1 unspecified atom stereocenters. The molecular weight excluding hydrogens is 562 g/mol. The molecule has 2 aromatic carbocycles. The number of carbonyl (C=O) groups is 1. The van der Waals surface area contributed by atoms with Crippen LogP contribution < -0.4 is 16.6 Å². The van der Waals surface area contributed by atoms with Gasteiger partial charge in [-0.2, -0.15) is 5.10 Å². The van der Waals surface area contributed by atoms with E-state index < -0.39 is 11.9 Å². The van der Waals surface area contributed by atoms with E-state index in [1.807, 2.05) is 32.2 Å². The number of nitrogens with one attached hydrogen (secondary N) is 1. The first kappa shape index (κ1) is 27.5. The average Bonchev–Trinajstić information content (AvgIpc) is 3.66. The summed E-state index contributed by atoms with van der Waals surface area (Å²) in [5.74, 6) is 6.02. The van der Waals surface area contributed by atoms with Crippen LogP contribution in [-0.2, 0) is 7.05 Å². The Morgan fingerprint density at radius 3 is 2.51 bits per heavy atom. The molecule has 0 aliphatic rings. The molecule has 4 aromatic heterocycles. The number of rotatable bonds is 5. The van der Waals surface area contributed by atoms with Gasteiger partial charge in [-0.05, 0) is 38.1 Å². The second kappa shape index (κ2) is 11.3. The van der Waals surface area contributed by atoms with Crippen molar-refractivity contribution in [2.24, 2.45) is 7.05 Å². The number of carbonyl (C=O) groups excluding carboxylic acids is 1. The van der Waals surface area contributed by atoms with Gasteiger partial charge in [-0.15, -0.1) is 11.3 Å². The minimum Gasteiger partial charge on any atom is -0.382 e. The Kier molecular flexibility index (Phi) is 7.23. The van der Waals surface area contributed by atoms with Crippen LogP contribution in [0.3, 0.4) is 0 Å². The van der Waals surface area contributed by atoms with Crippen molar-refractivity contribution in [1.82, 2.24) is 39.6 Å². The van der Waals surface area contributed by atoms with Gasteiger partial charge in [0.15, 0.2) is 11.5 Å². The second-order valence-electron chi connectivity index (χ2n) is 9.72. The number of aromatic nitrogens is 7. The van der Waals surface area contributed by atoms with Gasteiger partial charge in [-0.1, -0.05) is 36.1 Å². The fourth-order valence-corrected chi connectivity index (χ4v) is 5.13. The van der Waals surface area contributed by atoms with E-state index in [2.05, 4.69) is 37.2 Å². The smallest absolute Gasteiger partial charge is 0.274 e. The molecule has 212 valence electrons. The van der Waals surface area contributed by atoms with Crippen LogP contribution in [0.15, 0.2) is 76.6 Å². The third kappa shape index (κ3) is 5.25. The number of fused-ring (bicyclic) bond motifs is 1. The van der Waals surface area contributed by atoms with E-state index in [1.165, 1.54) is 22.1 Å². The molecule has 3 N–H and O–H groups in total. The van der Waals surface area contributed by atoms with Crippen LogP contribution in [0.1, 0.15) is 46.1 Å². The predicted octanol–water partition coefficient (Wildman–Crippen LogP) is 3.81. The topological polar surface area (TPSA) is 146 Å². The van der Waals surface area contributed by atoms with Gasteiger partial charge in [0.25, 0.3) is 11.5 Å². The number of benzene rings is 2. The number of para-hydroxylation sites is 1. The lowest BCUT2D eigenvalue weighted by molar-refractivity contribution is 0.0933. The fraction of sp³-hybridized carbons (Fsp3) is 0.129. The minimum atomic E-state index is -0.721. The maximum Gasteiger partial charge on any atom is 0.274 e. The highest BCUT2D eigenvalue weighted by molar-refractivity contribution is 7.07. The zero-order valence-corrected chi connectivity index (χ0v) is 24.3. The van der Waals surface area contributed by atoms with E-state index in [1.54, 1.807) is 59.0 Å². The fourth-order valence-electron chi connectivity index (χ4n) is 4.58. The second-order valence-corrected chi connectivity index (χ2v) is 10.4. The molecule has 0 aliphatic carbocycles. The highest BCUT2D eigenvalue weighted by Crippen LogP contribution is 2.22. The highest BCUT2D eigenvalue weighted by Gasteiger charge is 2.23. The molecule has 6 rings (SSSR count). The van der Waals surface area contributed by atoms with Crippen molar-refractivity contribution in [3.63, 3.8) is 0 Å². The first-order chi connectivity index (χ1) is 20.8. The SMILES string of the molecule is Cc1c(C#Cc2cccc3nc(C(C)NC(=O)c4nc(-c5cscn5)cnc4N)n(-c4ccccc4)c(=O)c23)cnn1C. The maximum atomic E-state index is 14.2. The van der Waals surface area contributed by atoms with Gasteiger partial charge in [-0.25, -0.2) is 19.9 Å². The number of aryl methyl sites for hydroxylation is 1. The zero-order chi connectivity index (χ0) is 30.1. The summed E-state index contributed by atoms with van der Waals surface area (Å²) in [6, 6.07) is 13.8. The van der Waals surface area contributed by atoms with E-state index in [0.29, 0.717) is 39.4 Å². The van der Waals surface area contributed by atoms with Crippen molar-refractivity contribution in [2.45, 2.75) is 19.9 Å². The number of hydrogen-bond donors (Lipinski definition) is 2. The molecule has 0 saturated carbocycles. The summed E-state index contributed by atoms with van der Waals surface area (Å²) in [4.78, 5) is 45.3. The lowest BCUT2D eigenvalue weighted by Crippen LogP contribution is -2.34. The van der Waals surface area contributed by atoms with Gasteiger partial charge in [0.1, 0.15) is 17.2 Å². The van der Waals surface area contributed by atoms with Crippen LogP contribution in [0.2, 0.25) is 0 Å². The van der Waals surface area contributed by atoms with E-state index in [0.717, 1.165) is 11.3 Å². The van der Waals surface area contributed by atoms with Crippen molar-refractivity contribution in [3.8, 4) is 28.9 Å². The summed E-state index contributed by atoms with van der Waals surface area (Å²) in [5.41, 5.74) is 11.6. The molecule has 1 atom stereocenters. The first-order valence-corrected chi connectivity index (χ1v) is 14.2. The van der Waals surface area contributed by atoms with Crippen LogP contribution in [0.25, 0.3) is 28.0 Å². The van der Waals surface area contributed by atoms with Crippen LogP contribution >= 0.6 is 11.3 Å². The van der Waals surface area contributed by atoms with Crippen LogP contribution in [0, 0.1) is 18.8 Å². The highest BCUT2D eigenvalue weighted by atomic mass is 32.1. The Balaban J connectivity index is 1.44. The number of anilines is 1. The average molecular weight is 588 g/mol. The molecule has 0 saturated heterocycles. The number of amides is 1. The molecular formula is C31H25N9O2S. The summed E-state index contributed by atoms with van der Waals surface area (Å²) in [5, 5.41) is 9.32. The Hall–Kier alpha value is -5.67. The molecule has 6 aromatic rings. The number of nitrogen functional groups attached to an aromatic ring is 1. The summed E-state index contributed by atoms with van der Waals surface area (Å²) in [7, 11) is 1.85. The molecule has 4 heterocycles. The molecule has 43 heavy (non-hydrogen) atoms. The zero-order valence-electron chi connectivity index (χ0n) is 23.4. The Morgan fingerprint density at radius 1 is 1.00 bits per heavy atom. The van der Waals surface area contributed by atoms with Gasteiger partial charge in [0.2, 0.25) is 0 Å². The van der Waals surface area contributed by atoms with Crippen molar-refractivity contribution in [1.29, 1.82) is 0 Å². The van der Waals surface area contributed by atoms with Crippen LogP contribution in [0.4, 0.5) is 5.82 Å². The molecule has 0 fully saturated rings. The molecule has 12 heteroatoms. The summed E-state index contributed by atoms with van der Waals surface area (Å²) >= 11 is 1.40. The van der Waals surface area contributed by atoms with Crippen LogP contribution in [0.5, 0.6) is 0 Å². The normalized spacial score (nSPS) is 11.6.